The summed E-state index contributed by atoms with van der Waals surface area (Å²) < 4.78 is 5.16. The van der Waals surface area contributed by atoms with E-state index in [1.54, 1.807) is 0 Å². The van der Waals surface area contributed by atoms with Gasteiger partial charge in [-0.2, -0.15) is 0 Å². The second-order valence-electron chi connectivity index (χ2n) is 8.21. The van der Waals surface area contributed by atoms with Gasteiger partial charge in [-0.3, -0.25) is 9.59 Å². The molecule has 1 heterocycles. The van der Waals surface area contributed by atoms with Crippen molar-refractivity contribution in [1.82, 2.24) is 5.32 Å². The van der Waals surface area contributed by atoms with Gasteiger partial charge in [0, 0.05) is 26.2 Å². The number of esters is 1. The minimum atomic E-state index is -1.78. The van der Waals surface area contributed by atoms with Crippen molar-refractivity contribution in [3.63, 3.8) is 0 Å². The highest BCUT2D eigenvalue weighted by atomic mass is 16.6. The molecule has 172 valence electrons. The molecule has 1 amide bonds. The highest BCUT2D eigenvalue weighted by molar-refractivity contribution is 5.90. The largest absolute Gasteiger partial charge is 0.457 e. The zero-order chi connectivity index (χ0) is 22.4. The van der Waals surface area contributed by atoms with Gasteiger partial charge in [0.1, 0.15) is 18.0 Å². The third kappa shape index (κ3) is 8.56. The lowest BCUT2D eigenvalue weighted by Crippen LogP contribution is -2.61. The van der Waals surface area contributed by atoms with Crippen LogP contribution >= 0.6 is 0 Å². The van der Waals surface area contributed by atoms with Crippen molar-refractivity contribution >= 4 is 17.7 Å². The number of ketones is 1. The molecule has 0 unspecified atom stereocenters. The number of ether oxygens (including phenoxy) is 1. The number of hydrogen-bond donors (Lipinski definition) is 3. The number of nitrogens with one attached hydrogen (secondary N) is 1. The maximum atomic E-state index is 12.0. The first-order valence-corrected chi connectivity index (χ1v) is 11.3. The minimum Gasteiger partial charge on any atom is -0.457 e. The van der Waals surface area contributed by atoms with Gasteiger partial charge in [0.2, 0.25) is 5.91 Å². The smallest absolute Gasteiger partial charge is 0.337 e. The first-order valence-electron chi connectivity index (χ1n) is 11.3. The lowest BCUT2D eigenvalue weighted by atomic mass is 9.91. The Bertz CT molecular complexity index is 576. The fourth-order valence-corrected chi connectivity index (χ4v) is 3.72. The number of aliphatic hydroxyl groups is 2. The lowest BCUT2D eigenvalue weighted by molar-refractivity contribution is -0.149. The van der Waals surface area contributed by atoms with Crippen LogP contribution < -0.4 is 5.32 Å². The molecule has 0 bridgehead atoms. The molecule has 0 aromatic carbocycles. The summed E-state index contributed by atoms with van der Waals surface area (Å²) in [6, 6.07) is 0. The van der Waals surface area contributed by atoms with Crippen LogP contribution in [0.1, 0.15) is 90.9 Å². The number of rotatable bonds is 16. The predicted octanol–water partition coefficient (Wildman–Crippen LogP) is 2.97. The maximum Gasteiger partial charge on any atom is 0.337 e. The molecule has 7 heteroatoms. The molecule has 30 heavy (non-hydrogen) atoms. The quantitative estimate of drug-likeness (QED) is 0.199. The molecule has 1 fully saturated rings. The number of aliphatic hydroxyl groups excluding tert-OH is 2. The Hall–Kier alpha value is -1.73. The molecule has 3 N–H and O–H groups in total. The molecular formula is C23H39NO6. The van der Waals surface area contributed by atoms with Crippen LogP contribution in [-0.2, 0) is 19.1 Å². The summed E-state index contributed by atoms with van der Waals surface area (Å²) >= 11 is 0. The Balaban J connectivity index is 2.16. The van der Waals surface area contributed by atoms with Crippen LogP contribution in [0.2, 0.25) is 0 Å². The van der Waals surface area contributed by atoms with Gasteiger partial charge in [-0.25, -0.2) is 4.79 Å². The van der Waals surface area contributed by atoms with E-state index in [0.29, 0.717) is 18.6 Å². The molecule has 1 saturated heterocycles. The highest BCUT2D eigenvalue weighted by Gasteiger charge is 2.57. The molecule has 3 atom stereocenters. The van der Waals surface area contributed by atoms with E-state index in [1.165, 1.54) is 19.8 Å². The average molecular weight is 426 g/mol. The van der Waals surface area contributed by atoms with E-state index in [1.807, 2.05) is 12.2 Å². The van der Waals surface area contributed by atoms with Crippen molar-refractivity contribution in [1.29, 1.82) is 0 Å². The molecule has 0 spiro atoms. The summed E-state index contributed by atoms with van der Waals surface area (Å²) in [5, 5.41) is 22.2. The second-order valence-corrected chi connectivity index (χ2v) is 8.21. The monoisotopic (exact) mass is 425 g/mol. The minimum absolute atomic E-state index is 0.320. The molecule has 0 aromatic rings. The van der Waals surface area contributed by atoms with Gasteiger partial charge in [-0.1, -0.05) is 51.2 Å². The normalized spacial score (nSPS) is 23.7. The fraction of sp³-hybridized carbons (Fsp3) is 0.783. The fourth-order valence-electron chi connectivity index (χ4n) is 3.72. The van der Waals surface area contributed by atoms with Crippen molar-refractivity contribution in [3.8, 4) is 0 Å². The molecule has 1 aliphatic rings. The van der Waals surface area contributed by atoms with Crippen LogP contribution in [0.25, 0.3) is 0 Å². The van der Waals surface area contributed by atoms with Crippen molar-refractivity contribution in [2.45, 2.75) is 109 Å². The van der Waals surface area contributed by atoms with E-state index in [-0.39, 0.29) is 0 Å². The number of carbonyl (C=O) groups is 3. The molecule has 1 rings (SSSR count). The lowest BCUT2D eigenvalue weighted by Gasteiger charge is -2.27. The van der Waals surface area contributed by atoms with Crippen molar-refractivity contribution in [3.05, 3.63) is 12.2 Å². The highest BCUT2D eigenvalue weighted by Crippen LogP contribution is 2.28. The molecular weight excluding hydrogens is 386 g/mol. The van der Waals surface area contributed by atoms with E-state index in [0.717, 1.165) is 51.4 Å². The molecule has 0 aliphatic carbocycles. The van der Waals surface area contributed by atoms with Gasteiger partial charge in [-0.15, -0.1) is 0 Å². The van der Waals surface area contributed by atoms with E-state index < -0.39 is 36.2 Å². The number of carbonyl (C=O) groups excluding carboxylic acids is 3. The maximum absolute atomic E-state index is 12.0. The SMILES string of the molecule is CCCCCCC(=O)CCCCCC/C=C/C[C@H]1OC(=O)[C@@](CO)(NC(C)=O)[C@H]1O. The van der Waals surface area contributed by atoms with Gasteiger partial charge in [-0.05, 0) is 25.7 Å². The van der Waals surface area contributed by atoms with Crippen LogP contribution in [-0.4, -0.2) is 52.2 Å². The van der Waals surface area contributed by atoms with Gasteiger partial charge in [0.05, 0.1) is 6.61 Å². The zero-order valence-corrected chi connectivity index (χ0v) is 18.5. The number of unbranched alkanes of at least 4 members (excludes halogenated alkanes) is 7. The first-order chi connectivity index (χ1) is 14.4. The van der Waals surface area contributed by atoms with Crippen molar-refractivity contribution in [2.75, 3.05) is 6.61 Å². The number of hydrogen-bond acceptors (Lipinski definition) is 6. The van der Waals surface area contributed by atoms with Crippen LogP contribution in [0.4, 0.5) is 0 Å². The number of allylic oxidation sites excluding steroid dienone is 1. The van der Waals surface area contributed by atoms with Crippen LogP contribution in [0.3, 0.4) is 0 Å². The third-order valence-corrected chi connectivity index (χ3v) is 5.55. The van der Waals surface area contributed by atoms with E-state index in [4.69, 9.17) is 4.74 Å². The summed E-state index contributed by atoms with van der Waals surface area (Å²) in [5.74, 6) is -0.950. The summed E-state index contributed by atoms with van der Waals surface area (Å²) in [6.45, 7) is 2.67. The van der Waals surface area contributed by atoms with Crippen LogP contribution in [0.15, 0.2) is 12.2 Å². The molecule has 7 nitrogen and oxygen atoms in total. The average Bonchev–Trinajstić information content (AvgIpc) is 2.94. The molecule has 1 aliphatic heterocycles. The van der Waals surface area contributed by atoms with Crippen molar-refractivity contribution in [2.24, 2.45) is 0 Å². The first kappa shape index (κ1) is 26.3. The predicted molar refractivity (Wildman–Crippen MR) is 115 cm³/mol. The van der Waals surface area contributed by atoms with E-state index in [9.17, 15) is 24.6 Å². The Kier molecular flexibility index (Phi) is 12.5. The summed E-state index contributed by atoms with van der Waals surface area (Å²) in [4.78, 5) is 35.1. The Morgan fingerprint density at radius 3 is 2.30 bits per heavy atom. The third-order valence-electron chi connectivity index (χ3n) is 5.55. The molecule has 0 saturated carbocycles. The van der Waals surface area contributed by atoms with E-state index >= 15 is 0 Å². The summed E-state index contributed by atoms with van der Waals surface area (Å²) in [7, 11) is 0. The second kappa shape index (κ2) is 14.3. The van der Waals surface area contributed by atoms with Gasteiger partial charge < -0.3 is 20.3 Å². The number of amides is 1. The Morgan fingerprint density at radius 1 is 1.07 bits per heavy atom. The topological polar surface area (TPSA) is 113 Å². The van der Waals surface area contributed by atoms with E-state index in [2.05, 4.69) is 12.2 Å². The summed E-state index contributed by atoms with van der Waals surface area (Å²) in [6.07, 6.45) is 13.0. The van der Waals surface area contributed by atoms with Gasteiger partial charge >= 0.3 is 5.97 Å². The molecule has 0 radical (unpaired) electrons. The van der Waals surface area contributed by atoms with Gasteiger partial charge in [0.25, 0.3) is 0 Å². The van der Waals surface area contributed by atoms with Gasteiger partial charge in [0.15, 0.2) is 5.54 Å². The molecule has 0 aromatic heterocycles. The Morgan fingerprint density at radius 2 is 1.70 bits per heavy atom. The zero-order valence-electron chi connectivity index (χ0n) is 18.5. The number of cyclic esters (lactones) is 1. The van der Waals surface area contributed by atoms with Crippen molar-refractivity contribution < 1.29 is 29.3 Å². The standard InChI is InChI=1S/C23H39NO6/c1-3-4-5-11-14-19(27)15-12-9-7-6-8-10-13-16-20-21(28)23(17-25,22(29)30-20)24-18(2)26/h10,13,20-21,25,28H,3-9,11-12,14-17H2,1-2H3,(H,24,26)/b13-10+/t20-,21+,23+/m1/s1. The summed E-state index contributed by atoms with van der Waals surface area (Å²) in [5.41, 5.74) is -1.78. The van der Waals surface area contributed by atoms with Crippen LogP contribution in [0, 0.1) is 0 Å². The number of Topliss-reactive ketones (excluding diaryl/α,β-unsaturated/α-hetero) is 1. The van der Waals surface area contributed by atoms with Crippen LogP contribution in [0.5, 0.6) is 0 Å². The Labute approximate surface area is 180 Å².